The zero-order valence-electron chi connectivity index (χ0n) is 9.79. The van der Waals surface area contributed by atoms with E-state index in [2.05, 4.69) is 12.2 Å². The molecular formula is C13H24OSi. The second-order valence-electron chi connectivity index (χ2n) is 5.07. The minimum atomic E-state index is -0.716. The molecule has 0 saturated carbocycles. The van der Waals surface area contributed by atoms with Crippen molar-refractivity contribution in [1.82, 2.24) is 0 Å². The van der Waals surface area contributed by atoms with Crippen molar-refractivity contribution >= 4 is 9.04 Å². The fourth-order valence-corrected chi connectivity index (χ4v) is 5.34. The van der Waals surface area contributed by atoms with Gasteiger partial charge in [-0.25, -0.2) is 0 Å². The summed E-state index contributed by atoms with van der Waals surface area (Å²) in [5.41, 5.74) is 0. The van der Waals surface area contributed by atoms with Crippen LogP contribution in [0.25, 0.3) is 0 Å². The van der Waals surface area contributed by atoms with Crippen molar-refractivity contribution in [3.63, 3.8) is 0 Å². The molecule has 15 heavy (non-hydrogen) atoms. The van der Waals surface area contributed by atoms with Gasteiger partial charge < -0.3 is 4.43 Å². The molecule has 2 unspecified atom stereocenters. The summed E-state index contributed by atoms with van der Waals surface area (Å²) >= 11 is 0. The van der Waals surface area contributed by atoms with Gasteiger partial charge in [-0.3, -0.25) is 0 Å². The second kappa shape index (κ2) is 6.49. The topological polar surface area (TPSA) is 9.23 Å². The minimum Gasteiger partial charge on any atom is -0.420 e. The molecular weight excluding hydrogens is 200 g/mol. The van der Waals surface area contributed by atoms with Gasteiger partial charge in [0, 0.05) is 6.61 Å². The van der Waals surface area contributed by atoms with E-state index >= 15 is 0 Å². The van der Waals surface area contributed by atoms with Crippen molar-refractivity contribution in [3.8, 4) is 0 Å². The van der Waals surface area contributed by atoms with Gasteiger partial charge in [0.15, 0.2) is 9.04 Å². The van der Waals surface area contributed by atoms with Crippen LogP contribution in [0.15, 0.2) is 12.2 Å². The first-order valence-electron chi connectivity index (χ1n) is 6.72. The Morgan fingerprint density at radius 2 is 2.27 bits per heavy atom. The van der Waals surface area contributed by atoms with E-state index in [1.165, 1.54) is 57.0 Å². The van der Waals surface area contributed by atoms with Crippen LogP contribution in [0, 0.1) is 5.92 Å². The summed E-state index contributed by atoms with van der Waals surface area (Å²) in [7, 11) is -0.716. The normalized spacial score (nSPS) is 31.7. The maximum Gasteiger partial charge on any atom is 0.176 e. The van der Waals surface area contributed by atoms with Crippen LogP contribution in [0.4, 0.5) is 0 Å². The molecule has 0 aromatic carbocycles. The first kappa shape index (κ1) is 11.4. The molecule has 0 N–H and O–H groups in total. The van der Waals surface area contributed by atoms with Crippen LogP contribution in [0.1, 0.15) is 44.9 Å². The SMILES string of the molecule is C1=CCC(CCC[SiH]2CCCCO2)CC1. The van der Waals surface area contributed by atoms with Crippen LogP contribution >= 0.6 is 0 Å². The maximum absolute atomic E-state index is 5.89. The summed E-state index contributed by atoms with van der Waals surface area (Å²) < 4.78 is 5.89. The zero-order chi connectivity index (χ0) is 10.3. The molecule has 2 aliphatic rings. The van der Waals surface area contributed by atoms with E-state index in [0.29, 0.717) is 0 Å². The lowest BCUT2D eigenvalue weighted by atomic mass is 9.91. The van der Waals surface area contributed by atoms with Gasteiger partial charge >= 0.3 is 0 Å². The fourth-order valence-electron chi connectivity index (χ4n) is 2.79. The molecule has 1 saturated heterocycles. The molecule has 0 bridgehead atoms. The minimum absolute atomic E-state index is 0.716. The average molecular weight is 224 g/mol. The lowest BCUT2D eigenvalue weighted by molar-refractivity contribution is 0.284. The Balaban J connectivity index is 1.55. The van der Waals surface area contributed by atoms with E-state index in [9.17, 15) is 0 Å². The summed E-state index contributed by atoms with van der Waals surface area (Å²) in [5, 5.41) is 0. The van der Waals surface area contributed by atoms with Gasteiger partial charge in [-0.1, -0.05) is 31.4 Å². The lowest BCUT2D eigenvalue weighted by Crippen LogP contribution is -2.23. The molecule has 1 aliphatic heterocycles. The molecule has 1 fully saturated rings. The molecule has 0 aromatic rings. The standard InChI is InChI=1S/C13H24OSi/c1-2-7-13(8-3-1)9-6-12-15-11-5-4-10-14-15/h1-2,13,15H,3-12H2. The van der Waals surface area contributed by atoms with Crippen LogP contribution in [0.5, 0.6) is 0 Å². The van der Waals surface area contributed by atoms with E-state index in [0.717, 1.165) is 12.5 Å². The molecule has 86 valence electrons. The Bertz CT molecular complexity index is 197. The zero-order valence-corrected chi connectivity index (χ0v) is 10.9. The number of allylic oxidation sites excluding steroid dienone is 2. The highest BCUT2D eigenvalue weighted by molar-refractivity contribution is 6.51. The highest BCUT2D eigenvalue weighted by Gasteiger charge is 2.17. The maximum atomic E-state index is 5.89. The quantitative estimate of drug-likeness (QED) is 0.523. The van der Waals surface area contributed by atoms with E-state index in [-0.39, 0.29) is 0 Å². The smallest absolute Gasteiger partial charge is 0.176 e. The van der Waals surface area contributed by atoms with Gasteiger partial charge in [0.2, 0.25) is 0 Å². The highest BCUT2D eigenvalue weighted by atomic mass is 28.3. The number of rotatable bonds is 4. The molecule has 2 atom stereocenters. The van der Waals surface area contributed by atoms with E-state index in [4.69, 9.17) is 4.43 Å². The summed E-state index contributed by atoms with van der Waals surface area (Å²) in [6.45, 7) is 1.07. The largest absolute Gasteiger partial charge is 0.420 e. The number of hydrogen-bond acceptors (Lipinski definition) is 1. The predicted octanol–water partition coefficient (Wildman–Crippen LogP) is 3.66. The third-order valence-electron chi connectivity index (χ3n) is 3.79. The van der Waals surface area contributed by atoms with Gasteiger partial charge in [-0.05, 0) is 43.7 Å². The first-order chi connectivity index (χ1) is 7.45. The fraction of sp³-hybridized carbons (Fsp3) is 0.846. The summed E-state index contributed by atoms with van der Waals surface area (Å²) in [5.74, 6) is 0.993. The van der Waals surface area contributed by atoms with Gasteiger partial charge in [-0.2, -0.15) is 0 Å². The van der Waals surface area contributed by atoms with Crippen LogP contribution in [0.2, 0.25) is 12.1 Å². The monoisotopic (exact) mass is 224 g/mol. The molecule has 2 rings (SSSR count). The average Bonchev–Trinajstić information content (AvgIpc) is 2.32. The second-order valence-corrected chi connectivity index (χ2v) is 7.80. The van der Waals surface area contributed by atoms with E-state index in [1.54, 1.807) is 0 Å². The van der Waals surface area contributed by atoms with Crippen molar-refractivity contribution in [2.24, 2.45) is 5.92 Å². The molecule has 1 heterocycles. The Morgan fingerprint density at radius 1 is 1.27 bits per heavy atom. The van der Waals surface area contributed by atoms with Crippen molar-refractivity contribution in [3.05, 3.63) is 12.2 Å². The predicted molar refractivity (Wildman–Crippen MR) is 67.7 cm³/mol. The van der Waals surface area contributed by atoms with Crippen molar-refractivity contribution in [2.75, 3.05) is 6.61 Å². The lowest BCUT2D eigenvalue weighted by Gasteiger charge is -2.22. The molecule has 0 radical (unpaired) electrons. The van der Waals surface area contributed by atoms with Crippen molar-refractivity contribution in [2.45, 2.75) is 57.0 Å². The van der Waals surface area contributed by atoms with Crippen LogP contribution in [0.3, 0.4) is 0 Å². The molecule has 0 amide bonds. The Kier molecular flexibility index (Phi) is 4.93. The van der Waals surface area contributed by atoms with Crippen molar-refractivity contribution in [1.29, 1.82) is 0 Å². The first-order valence-corrected chi connectivity index (χ1v) is 8.82. The summed E-state index contributed by atoms with van der Waals surface area (Å²) in [4.78, 5) is 0. The Hall–Kier alpha value is -0.0831. The molecule has 2 heteroatoms. The molecule has 0 spiro atoms. The van der Waals surface area contributed by atoms with Crippen LogP contribution in [-0.2, 0) is 4.43 Å². The molecule has 1 aliphatic carbocycles. The third kappa shape index (κ3) is 4.11. The Morgan fingerprint density at radius 3 is 3.00 bits per heavy atom. The highest BCUT2D eigenvalue weighted by Crippen LogP contribution is 2.25. The summed E-state index contributed by atoms with van der Waals surface area (Å²) in [6, 6.07) is 2.89. The molecule has 1 nitrogen and oxygen atoms in total. The Labute approximate surface area is 95.6 Å². The number of hydrogen-bond donors (Lipinski definition) is 0. The van der Waals surface area contributed by atoms with Crippen LogP contribution < -0.4 is 0 Å². The molecule has 0 aromatic heterocycles. The van der Waals surface area contributed by atoms with Gasteiger partial charge in [0.05, 0.1) is 0 Å². The van der Waals surface area contributed by atoms with E-state index in [1.807, 2.05) is 0 Å². The van der Waals surface area contributed by atoms with Crippen molar-refractivity contribution < 1.29 is 4.43 Å². The third-order valence-corrected chi connectivity index (χ3v) is 6.60. The van der Waals surface area contributed by atoms with Crippen LogP contribution in [-0.4, -0.2) is 15.6 Å². The summed E-state index contributed by atoms with van der Waals surface area (Å²) in [6.07, 6.45) is 14.5. The van der Waals surface area contributed by atoms with Gasteiger partial charge in [0.1, 0.15) is 0 Å². The van der Waals surface area contributed by atoms with Gasteiger partial charge in [0.25, 0.3) is 0 Å². The van der Waals surface area contributed by atoms with Gasteiger partial charge in [-0.15, -0.1) is 0 Å². The van der Waals surface area contributed by atoms with E-state index < -0.39 is 9.04 Å².